The van der Waals surface area contributed by atoms with Crippen LogP contribution in [-0.2, 0) is 5.75 Å². The molecule has 0 bridgehead atoms. The van der Waals surface area contributed by atoms with Crippen LogP contribution in [0.15, 0.2) is 39.0 Å². The van der Waals surface area contributed by atoms with Gasteiger partial charge in [0.1, 0.15) is 21.9 Å². The van der Waals surface area contributed by atoms with Gasteiger partial charge in [-0.05, 0) is 22.9 Å². The van der Waals surface area contributed by atoms with E-state index in [2.05, 4.69) is 19.9 Å². The molecule has 5 nitrogen and oxygen atoms in total. The maximum absolute atomic E-state index is 11.9. The summed E-state index contributed by atoms with van der Waals surface area (Å²) in [5.41, 5.74) is 1.63. The Kier molecular flexibility index (Phi) is 3.21. The predicted octanol–water partition coefficient (Wildman–Crippen LogP) is 3.28. The molecule has 4 aromatic heterocycles. The van der Waals surface area contributed by atoms with Crippen molar-refractivity contribution < 1.29 is 0 Å². The minimum Gasteiger partial charge on any atom is -0.309 e. The summed E-state index contributed by atoms with van der Waals surface area (Å²) in [5.74, 6) is 1.24. The second-order valence-corrected chi connectivity index (χ2v) is 7.05. The van der Waals surface area contributed by atoms with Gasteiger partial charge in [0, 0.05) is 0 Å². The van der Waals surface area contributed by atoms with E-state index in [1.54, 1.807) is 29.4 Å². The third-order valence-electron chi connectivity index (χ3n) is 2.92. The standard InChI is InChI=1S/C13H8N4OS3/c18-12-10-8(2-4-19-10)16-9(17-12)5-21-13-11-7(1-3-20-11)14-6-15-13/h1-4,6H,5H2,(H,16,17,18). The Hall–Kier alpha value is -1.77. The van der Waals surface area contributed by atoms with Gasteiger partial charge in [0.15, 0.2) is 0 Å². The van der Waals surface area contributed by atoms with Crippen molar-refractivity contribution in [2.45, 2.75) is 10.8 Å². The number of aromatic amines is 1. The molecule has 0 aliphatic carbocycles. The molecule has 1 N–H and O–H groups in total. The van der Waals surface area contributed by atoms with Gasteiger partial charge in [0.25, 0.3) is 5.56 Å². The molecule has 0 saturated heterocycles. The van der Waals surface area contributed by atoms with Crippen LogP contribution in [0.2, 0.25) is 0 Å². The van der Waals surface area contributed by atoms with E-state index in [1.807, 2.05) is 22.9 Å². The van der Waals surface area contributed by atoms with Crippen molar-refractivity contribution in [3.63, 3.8) is 0 Å². The molecule has 21 heavy (non-hydrogen) atoms. The lowest BCUT2D eigenvalue weighted by molar-refractivity contribution is 1.04. The molecule has 0 atom stereocenters. The largest absolute Gasteiger partial charge is 0.309 e. The van der Waals surface area contributed by atoms with Crippen LogP contribution in [0.4, 0.5) is 0 Å². The van der Waals surface area contributed by atoms with E-state index in [9.17, 15) is 4.79 Å². The third kappa shape index (κ3) is 2.35. The molecule has 104 valence electrons. The van der Waals surface area contributed by atoms with Gasteiger partial charge < -0.3 is 4.98 Å². The fourth-order valence-corrected chi connectivity index (χ4v) is 4.54. The summed E-state index contributed by atoms with van der Waals surface area (Å²) >= 11 is 4.59. The molecule has 4 heterocycles. The molecular weight excluding hydrogens is 324 g/mol. The molecule has 0 saturated carbocycles. The zero-order valence-corrected chi connectivity index (χ0v) is 13.0. The van der Waals surface area contributed by atoms with E-state index in [1.165, 1.54) is 11.3 Å². The van der Waals surface area contributed by atoms with E-state index >= 15 is 0 Å². The monoisotopic (exact) mass is 332 g/mol. The van der Waals surface area contributed by atoms with Gasteiger partial charge in [-0.2, -0.15) is 0 Å². The van der Waals surface area contributed by atoms with Crippen molar-refractivity contribution >= 4 is 54.9 Å². The highest BCUT2D eigenvalue weighted by molar-refractivity contribution is 7.98. The maximum Gasteiger partial charge on any atom is 0.268 e. The molecule has 0 unspecified atom stereocenters. The minimum atomic E-state index is -0.0745. The van der Waals surface area contributed by atoms with Crippen LogP contribution in [0, 0.1) is 0 Å². The first-order chi connectivity index (χ1) is 10.3. The highest BCUT2D eigenvalue weighted by Gasteiger charge is 2.09. The van der Waals surface area contributed by atoms with Crippen molar-refractivity contribution in [3.8, 4) is 0 Å². The van der Waals surface area contributed by atoms with Crippen molar-refractivity contribution in [1.29, 1.82) is 0 Å². The first kappa shape index (κ1) is 12.9. The Morgan fingerprint density at radius 3 is 2.81 bits per heavy atom. The number of H-pyrrole nitrogens is 1. The van der Waals surface area contributed by atoms with Crippen LogP contribution in [0.25, 0.3) is 20.4 Å². The van der Waals surface area contributed by atoms with Crippen molar-refractivity contribution in [3.05, 3.63) is 45.4 Å². The number of rotatable bonds is 3. The number of aromatic nitrogens is 4. The molecule has 4 rings (SSSR count). The number of hydrogen-bond donors (Lipinski definition) is 1. The number of nitrogens with one attached hydrogen (secondary N) is 1. The lowest BCUT2D eigenvalue weighted by Crippen LogP contribution is -2.09. The minimum absolute atomic E-state index is 0.0745. The van der Waals surface area contributed by atoms with Crippen molar-refractivity contribution in [2.24, 2.45) is 0 Å². The van der Waals surface area contributed by atoms with Gasteiger partial charge in [-0.25, -0.2) is 15.0 Å². The number of thiophene rings is 2. The molecule has 0 radical (unpaired) electrons. The Bertz CT molecular complexity index is 988. The fraction of sp³-hybridized carbons (Fsp3) is 0.0769. The zero-order chi connectivity index (χ0) is 14.2. The van der Waals surface area contributed by atoms with Gasteiger partial charge in [-0.15, -0.1) is 22.7 Å². The van der Waals surface area contributed by atoms with E-state index in [0.29, 0.717) is 16.3 Å². The molecular formula is C13H8N4OS3. The number of nitrogens with zero attached hydrogens (tertiary/aromatic N) is 3. The van der Waals surface area contributed by atoms with E-state index in [0.717, 1.165) is 20.8 Å². The second kappa shape index (κ2) is 5.21. The average molecular weight is 332 g/mol. The molecule has 0 aromatic carbocycles. The Morgan fingerprint density at radius 1 is 1.10 bits per heavy atom. The quantitative estimate of drug-likeness (QED) is 0.460. The highest BCUT2D eigenvalue weighted by Crippen LogP contribution is 2.30. The van der Waals surface area contributed by atoms with Crippen LogP contribution < -0.4 is 5.56 Å². The van der Waals surface area contributed by atoms with Crippen LogP contribution >= 0.6 is 34.4 Å². The normalized spacial score (nSPS) is 11.4. The van der Waals surface area contributed by atoms with Crippen molar-refractivity contribution in [1.82, 2.24) is 19.9 Å². The van der Waals surface area contributed by atoms with E-state index in [-0.39, 0.29) is 5.56 Å². The molecule has 0 aliphatic rings. The second-order valence-electron chi connectivity index (χ2n) is 4.25. The summed E-state index contributed by atoms with van der Waals surface area (Å²) in [7, 11) is 0. The lowest BCUT2D eigenvalue weighted by Gasteiger charge is -2.02. The number of thioether (sulfide) groups is 1. The Balaban J connectivity index is 1.66. The molecule has 0 spiro atoms. The first-order valence-electron chi connectivity index (χ1n) is 6.08. The first-order valence-corrected chi connectivity index (χ1v) is 8.83. The van der Waals surface area contributed by atoms with Crippen molar-refractivity contribution in [2.75, 3.05) is 0 Å². The SMILES string of the molecule is O=c1[nH]c(CSc2ncnc3ccsc23)nc2ccsc12. The Labute approximate surface area is 131 Å². The summed E-state index contributed by atoms with van der Waals surface area (Å²) in [5, 5.41) is 4.80. The fourth-order valence-electron chi connectivity index (χ4n) is 2.00. The van der Waals surface area contributed by atoms with Gasteiger partial charge >= 0.3 is 0 Å². The maximum atomic E-state index is 11.9. The summed E-state index contributed by atoms with van der Waals surface area (Å²) in [4.78, 5) is 27.8. The highest BCUT2D eigenvalue weighted by atomic mass is 32.2. The third-order valence-corrected chi connectivity index (χ3v) is 5.86. The smallest absolute Gasteiger partial charge is 0.268 e. The molecule has 0 fully saturated rings. The van der Waals surface area contributed by atoms with Gasteiger partial charge in [-0.3, -0.25) is 4.79 Å². The number of hydrogen-bond acceptors (Lipinski definition) is 7. The van der Waals surface area contributed by atoms with Gasteiger partial charge in [0.2, 0.25) is 0 Å². The van der Waals surface area contributed by atoms with Gasteiger partial charge in [-0.1, -0.05) is 11.8 Å². The predicted molar refractivity (Wildman–Crippen MR) is 87.2 cm³/mol. The molecule has 0 aliphatic heterocycles. The lowest BCUT2D eigenvalue weighted by atomic mass is 10.4. The van der Waals surface area contributed by atoms with Gasteiger partial charge in [0.05, 0.1) is 21.5 Å². The molecule has 8 heteroatoms. The molecule has 0 amide bonds. The van der Waals surface area contributed by atoms with E-state index < -0.39 is 0 Å². The number of fused-ring (bicyclic) bond motifs is 2. The zero-order valence-electron chi connectivity index (χ0n) is 10.6. The summed E-state index contributed by atoms with van der Waals surface area (Å²) in [6.45, 7) is 0. The topological polar surface area (TPSA) is 71.5 Å². The van der Waals surface area contributed by atoms with Crippen LogP contribution in [0.1, 0.15) is 5.82 Å². The van der Waals surface area contributed by atoms with Crippen LogP contribution in [-0.4, -0.2) is 19.9 Å². The summed E-state index contributed by atoms with van der Waals surface area (Å²) in [6.07, 6.45) is 1.57. The van der Waals surface area contributed by atoms with Crippen LogP contribution in [0.3, 0.4) is 0 Å². The van der Waals surface area contributed by atoms with Crippen LogP contribution in [0.5, 0.6) is 0 Å². The summed E-state index contributed by atoms with van der Waals surface area (Å²) < 4.78 is 1.74. The molecule has 4 aromatic rings. The summed E-state index contributed by atoms with van der Waals surface area (Å²) in [6, 6.07) is 3.84. The average Bonchev–Trinajstić information content (AvgIpc) is 3.13. The van der Waals surface area contributed by atoms with E-state index in [4.69, 9.17) is 0 Å². The Morgan fingerprint density at radius 2 is 1.90 bits per heavy atom.